The summed E-state index contributed by atoms with van der Waals surface area (Å²) < 4.78 is 0. The Morgan fingerprint density at radius 2 is 1.88 bits per heavy atom. The van der Waals surface area contributed by atoms with Gasteiger partial charge in [0.15, 0.2) is 0 Å². The summed E-state index contributed by atoms with van der Waals surface area (Å²) in [6.07, 6.45) is 4.29. The van der Waals surface area contributed by atoms with Crippen molar-refractivity contribution in [2.45, 2.75) is 19.8 Å². The minimum atomic E-state index is -0.639. The zero-order chi connectivity index (χ0) is 12.3. The van der Waals surface area contributed by atoms with E-state index in [1.165, 1.54) is 12.8 Å². The Labute approximate surface area is 131 Å². The normalized spacial score (nSPS) is 11.4. The second-order valence-corrected chi connectivity index (χ2v) is 3.72. The molecule has 0 aromatic rings. The molecule has 1 saturated carbocycles. The fourth-order valence-corrected chi connectivity index (χ4v) is 0.645. The summed E-state index contributed by atoms with van der Waals surface area (Å²) in [5.41, 5.74) is 4.34. The van der Waals surface area contributed by atoms with Crippen molar-refractivity contribution in [2.75, 3.05) is 6.54 Å². The number of nitrogens with one attached hydrogen (secondary N) is 1. The summed E-state index contributed by atoms with van der Waals surface area (Å²) in [5, 5.41) is 1.78. The van der Waals surface area contributed by atoms with Gasteiger partial charge in [-0.3, -0.25) is 9.59 Å². The van der Waals surface area contributed by atoms with E-state index < -0.39 is 5.24 Å². The molecule has 1 aliphatic rings. The third-order valence-electron chi connectivity index (χ3n) is 1.24. The van der Waals surface area contributed by atoms with Crippen LogP contribution in [0.5, 0.6) is 0 Å². The minimum absolute atomic E-state index is 0. The maximum Gasteiger partial charge on any atom is 1.00 e. The molecule has 0 heterocycles. The smallest absolute Gasteiger partial charge is 1.00 e. The average Bonchev–Trinajstić information content (AvgIpc) is 2.83. The van der Waals surface area contributed by atoms with E-state index in [2.05, 4.69) is 42.9 Å². The fourth-order valence-electron chi connectivity index (χ4n) is 0.554. The summed E-state index contributed by atoms with van der Waals surface area (Å²) in [4.78, 5) is 19.2. The van der Waals surface area contributed by atoms with E-state index in [1.54, 1.807) is 6.08 Å². The third-order valence-corrected chi connectivity index (χ3v) is 1.40. The first-order valence-corrected chi connectivity index (χ1v) is 5.35. The molecule has 16 heavy (non-hydrogen) atoms. The first-order chi connectivity index (χ1) is 6.93. The van der Waals surface area contributed by atoms with E-state index >= 15 is 0 Å². The monoisotopic (exact) mass is 274 g/mol. The summed E-state index contributed by atoms with van der Waals surface area (Å²) in [7, 11) is 0. The molecule has 4 nitrogen and oxygen atoms in total. The van der Waals surface area contributed by atoms with Gasteiger partial charge < -0.3 is 12.5 Å². The molecule has 1 aliphatic carbocycles. The molecule has 0 atom stereocenters. The third kappa shape index (κ3) is 36.7. The molecule has 0 spiro atoms. The van der Waals surface area contributed by atoms with Crippen molar-refractivity contribution in [3.8, 4) is 0 Å². The van der Waals surface area contributed by atoms with Crippen LogP contribution >= 0.6 is 25.3 Å². The van der Waals surface area contributed by atoms with Crippen LogP contribution < -0.4 is 40.6 Å². The van der Waals surface area contributed by atoms with E-state index in [0.29, 0.717) is 0 Å². The van der Waals surface area contributed by atoms with Crippen LogP contribution in [-0.4, -0.2) is 17.0 Å². The Morgan fingerprint density at radius 3 is 2.06 bits per heavy atom. The Bertz CT molecular complexity index is 213. The van der Waals surface area contributed by atoms with E-state index in [4.69, 9.17) is 4.79 Å². The van der Waals surface area contributed by atoms with Crippen LogP contribution in [-0.2, 0) is 0 Å². The number of rotatable bonds is 2. The van der Waals surface area contributed by atoms with Gasteiger partial charge in [0, 0.05) is 6.54 Å². The number of carbonyl (C=O) groups is 2. The predicted octanol–water partition coefficient (Wildman–Crippen LogP) is -0.660. The maximum atomic E-state index is 10.1. The molecule has 0 saturated heterocycles. The second-order valence-electron chi connectivity index (χ2n) is 2.88. The molecule has 0 radical (unpaired) electrons. The predicted molar refractivity (Wildman–Crippen MR) is 70.7 cm³/mol. The minimum Gasteiger partial charge on any atom is -1.00 e. The van der Waals surface area contributed by atoms with Gasteiger partial charge >= 0.3 is 29.6 Å². The van der Waals surface area contributed by atoms with Crippen LogP contribution in [0, 0.1) is 5.92 Å². The zero-order valence-electron chi connectivity index (χ0n) is 10.8. The molecule has 3 N–H and O–H groups in total. The average molecular weight is 274 g/mol. The van der Waals surface area contributed by atoms with Gasteiger partial charge in [0.2, 0.25) is 0 Å². The molecule has 0 unspecified atom stereocenters. The number of carbonyl (C=O) groups excluding carboxylic acids is 2. The first-order valence-electron chi connectivity index (χ1n) is 4.46. The van der Waals surface area contributed by atoms with Crippen molar-refractivity contribution in [3.63, 3.8) is 0 Å². The topological polar surface area (TPSA) is 72.2 Å². The van der Waals surface area contributed by atoms with Crippen molar-refractivity contribution in [1.29, 1.82) is 0 Å². The van der Waals surface area contributed by atoms with Crippen LogP contribution in [0.15, 0.2) is 12.7 Å². The van der Waals surface area contributed by atoms with Gasteiger partial charge in [-0.2, -0.15) is 0 Å². The Morgan fingerprint density at radius 1 is 1.56 bits per heavy atom. The van der Waals surface area contributed by atoms with E-state index in [1.807, 2.05) is 6.92 Å². The van der Waals surface area contributed by atoms with E-state index in [0.717, 1.165) is 12.5 Å². The van der Waals surface area contributed by atoms with Crippen LogP contribution in [0.25, 0.3) is 0 Å². The summed E-state index contributed by atoms with van der Waals surface area (Å²) >= 11 is 6.66. The Balaban J connectivity index is -0.0000000821. The van der Waals surface area contributed by atoms with Gasteiger partial charge in [-0.05, 0) is 25.7 Å². The van der Waals surface area contributed by atoms with Crippen LogP contribution in [0.2, 0.25) is 0 Å². The Kier molecular flexibility index (Phi) is 20.8. The molecule has 1 rings (SSSR count). The van der Waals surface area contributed by atoms with Crippen molar-refractivity contribution >= 4 is 35.7 Å². The largest absolute Gasteiger partial charge is 1.00 e. The van der Waals surface area contributed by atoms with E-state index in [9.17, 15) is 4.79 Å². The molecular formula is C9H19N2NaO2S2. The molecule has 90 valence electrons. The molecule has 0 aromatic carbocycles. The van der Waals surface area contributed by atoms with Gasteiger partial charge in [-0.25, -0.2) is 0 Å². The number of amides is 2. The van der Waals surface area contributed by atoms with E-state index in [-0.39, 0.29) is 36.2 Å². The fraction of sp³-hybridized carbons (Fsp3) is 0.556. The van der Waals surface area contributed by atoms with Gasteiger partial charge in [0.1, 0.15) is 0 Å². The quantitative estimate of drug-likeness (QED) is 0.307. The second kappa shape index (κ2) is 15.4. The number of hydrogen-bond acceptors (Lipinski definition) is 2. The first kappa shape index (κ1) is 21.6. The maximum absolute atomic E-state index is 10.1. The van der Waals surface area contributed by atoms with Crippen molar-refractivity contribution in [2.24, 2.45) is 11.7 Å². The SMILES string of the molecule is C=CC.NC(=O)S.O=C(S)NCC1CC1.[H-].[Na+]. The summed E-state index contributed by atoms with van der Waals surface area (Å²) in [5.74, 6) is 0.756. The molecule has 1 fully saturated rings. The number of allylic oxidation sites excluding steroid dienone is 1. The number of thiol groups is 2. The number of primary amides is 1. The van der Waals surface area contributed by atoms with Crippen molar-refractivity contribution in [1.82, 2.24) is 5.32 Å². The van der Waals surface area contributed by atoms with Gasteiger partial charge in [-0.1, -0.05) is 31.3 Å². The molecule has 0 aromatic heterocycles. The summed E-state index contributed by atoms with van der Waals surface area (Å²) in [6.45, 7) is 6.07. The van der Waals surface area contributed by atoms with Crippen LogP contribution in [0.3, 0.4) is 0 Å². The van der Waals surface area contributed by atoms with Gasteiger partial charge in [-0.15, -0.1) is 6.58 Å². The molecular weight excluding hydrogens is 255 g/mol. The molecule has 0 bridgehead atoms. The van der Waals surface area contributed by atoms with Crippen LogP contribution in [0.4, 0.5) is 9.59 Å². The Hall–Kier alpha value is 0.380. The van der Waals surface area contributed by atoms with Crippen molar-refractivity contribution in [3.05, 3.63) is 12.7 Å². The van der Waals surface area contributed by atoms with Gasteiger partial charge in [0.25, 0.3) is 10.5 Å². The summed E-state index contributed by atoms with van der Waals surface area (Å²) in [6, 6.07) is 0. The number of nitrogens with two attached hydrogens (primary N) is 1. The zero-order valence-corrected chi connectivity index (χ0v) is 13.6. The molecule has 0 aliphatic heterocycles. The van der Waals surface area contributed by atoms with Crippen LogP contribution in [0.1, 0.15) is 21.2 Å². The standard InChI is InChI=1S/C5H9NOS.C3H6.CH3NOS.Na.H/c7-5(8)6-3-4-1-2-4;1-3-2;2-1(3)4;;/h4H,1-3H2,(H2,6,7,8);3H,1H2,2H3;(H3,2,3,4);;/q;;;+1;-1. The van der Waals surface area contributed by atoms with Crippen molar-refractivity contribution < 1.29 is 40.6 Å². The van der Waals surface area contributed by atoms with Gasteiger partial charge in [0.05, 0.1) is 0 Å². The number of hydrogen-bond donors (Lipinski definition) is 4. The molecule has 2 amide bonds. The molecule has 7 heteroatoms.